The summed E-state index contributed by atoms with van der Waals surface area (Å²) in [5.74, 6) is 1.63. The van der Waals surface area contributed by atoms with Crippen LogP contribution < -0.4 is 5.32 Å². The Bertz CT molecular complexity index is 584. The standard InChI is InChI=1S/C14H17BrN4/c1-4-12-9(3)18-13(19-14(12)17-5-2)10-6-11(15)8-16-7-10/h6-8H,4-5H2,1-3H3,(H,17,18,19). The smallest absolute Gasteiger partial charge is 0.163 e. The fraction of sp³-hybridized carbons (Fsp3) is 0.357. The van der Waals surface area contributed by atoms with E-state index in [9.17, 15) is 0 Å². The second-order valence-corrected chi connectivity index (χ2v) is 5.15. The number of aromatic nitrogens is 3. The molecule has 0 bridgehead atoms. The molecule has 2 aromatic heterocycles. The number of rotatable bonds is 4. The molecule has 0 fully saturated rings. The molecule has 0 spiro atoms. The van der Waals surface area contributed by atoms with Crippen LogP contribution in [-0.4, -0.2) is 21.5 Å². The van der Waals surface area contributed by atoms with Gasteiger partial charge in [0.25, 0.3) is 0 Å². The van der Waals surface area contributed by atoms with Crippen LogP contribution in [0.2, 0.25) is 0 Å². The first-order chi connectivity index (χ1) is 9.15. The van der Waals surface area contributed by atoms with Crippen molar-refractivity contribution in [1.29, 1.82) is 0 Å². The summed E-state index contributed by atoms with van der Waals surface area (Å²) in [5, 5.41) is 3.31. The Labute approximate surface area is 121 Å². The second kappa shape index (κ2) is 6.10. The molecule has 0 aromatic carbocycles. The van der Waals surface area contributed by atoms with E-state index in [0.717, 1.165) is 34.5 Å². The molecule has 0 aliphatic rings. The number of halogens is 1. The van der Waals surface area contributed by atoms with E-state index < -0.39 is 0 Å². The van der Waals surface area contributed by atoms with Crippen LogP contribution in [0.25, 0.3) is 11.4 Å². The van der Waals surface area contributed by atoms with Gasteiger partial charge in [0.15, 0.2) is 5.82 Å². The highest BCUT2D eigenvalue weighted by Crippen LogP contribution is 2.23. The third kappa shape index (κ3) is 3.10. The molecule has 5 heteroatoms. The quantitative estimate of drug-likeness (QED) is 0.935. The predicted octanol–water partition coefficient (Wildman–Crippen LogP) is 3.60. The first-order valence-corrected chi connectivity index (χ1v) is 7.17. The molecule has 4 nitrogen and oxygen atoms in total. The maximum atomic E-state index is 4.62. The van der Waals surface area contributed by atoms with Gasteiger partial charge in [-0.15, -0.1) is 0 Å². The number of aryl methyl sites for hydroxylation is 1. The van der Waals surface area contributed by atoms with Gasteiger partial charge in [-0.2, -0.15) is 0 Å². The van der Waals surface area contributed by atoms with E-state index in [-0.39, 0.29) is 0 Å². The van der Waals surface area contributed by atoms with Crippen LogP contribution in [0, 0.1) is 6.92 Å². The van der Waals surface area contributed by atoms with Gasteiger partial charge in [-0.3, -0.25) is 4.98 Å². The monoisotopic (exact) mass is 320 g/mol. The Hall–Kier alpha value is -1.49. The highest BCUT2D eigenvalue weighted by molar-refractivity contribution is 9.10. The molecule has 2 heterocycles. The molecule has 2 aromatic rings. The highest BCUT2D eigenvalue weighted by Gasteiger charge is 2.11. The molecular weight excluding hydrogens is 304 g/mol. The molecule has 0 saturated carbocycles. The second-order valence-electron chi connectivity index (χ2n) is 4.24. The summed E-state index contributed by atoms with van der Waals surface area (Å²) in [4.78, 5) is 13.4. The van der Waals surface area contributed by atoms with Crippen molar-refractivity contribution in [2.24, 2.45) is 0 Å². The molecule has 1 N–H and O–H groups in total. The molecule has 0 radical (unpaired) electrons. The van der Waals surface area contributed by atoms with Gasteiger partial charge < -0.3 is 5.32 Å². The van der Waals surface area contributed by atoms with Gasteiger partial charge in [0.1, 0.15) is 5.82 Å². The van der Waals surface area contributed by atoms with E-state index in [1.165, 1.54) is 5.56 Å². The lowest BCUT2D eigenvalue weighted by Crippen LogP contribution is -2.08. The molecule has 100 valence electrons. The van der Waals surface area contributed by atoms with E-state index in [2.05, 4.69) is 50.0 Å². The van der Waals surface area contributed by atoms with E-state index in [1.54, 1.807) is 12.4 Å². The summed E-state index contributed by atoms with van der Waals surface area (Å²) in [7, 11) is 0. The zero-order valence-corrected chi connectivity index (χ0v) is 13.0. The van der Waals surface area contributed by atoms with Gasteiger partial charge in [-0.1, -0.05) is 6.92 Å². The molecule has 0 aliphatic carbocycles. The van der Waals surface area contributed by atoms with Gasteiger partial charge in [0.05, 0.1) is 0 Å². The third-order valence-corrected chi connectivity index (χ3v) is 3.31. The lowest BCUT2D eigenvalue weighted by molar-refractivity contribution is 0.988. The Balaban J connectivity index is 2.53. The Morgan fingerprint density at radius 2 is 2.00 bits per heavy atom. The summed E-state index contributed by atoms with van der Waals surface area (Å²) in [5.41, 5.74) is 3.11. The fourth-order valence-electron chi connectivity index (χ4n) is 2.00. The summed E-state index contributed by atoms with van der Waals surface area (Å²) in [6.45, 7) is 7.06. The average molecular weight is 321 g/mol. The maximum Gasteiger partial charge on any atom is 0.163 e. The number of nitrogens with zero attached hydrogens (tertiary/aromatic N) is 3. The number of anilines is 1. The molecule has 19 heavy (non-hydrogen) atoms. The number of pyridine rings is 1. The van der Waals surface area contributed by atoms with Crippen molar-refractivity contribution in [3.63, 3.8) is 0 Å². The fourth-order valence-corrected chi connectivity index (χ4v) is 2.36. The molecule has 0 amide bonds. The van der Waals surface area contributed by atoms with Crippen molar-refractivity contribution in [3.05, 3.63) is 34.2 Å². The Morgan fingerprint density at radius 1 is 1.21 bits per heavy atom. The SMILES string of the molecule is CCNc1nc(-c2cncc(Br)c2)nc(C)c1CC. The summed E-state index contributed by atoms with van der Waals surface area (Å²) in [6.07, 6.45) is 4.45. The first kappa shape index (κ1) is 13.9. The maximum absolute atomic E-state index is 4.62. The minimum atomic E-state index is 0.708. The van der Waals surface area contributed by atoms with E-state index in [0.29, 0.717) is 5.82 Å². The van der Waals surface area contributed by atoms with Crippen LogP contribution in [0.15, 0.2) is 22.9 Å². The lowest BCUT2D eigenvalue weighted by Gasteiger charge is -2.12. The van der Waals surface area contributed by atoms with Gasteiger partial charge in [-0.25, -0.2) is 9.97 Å². The molecular formula is C14H17BrN4. The van der Waals surface area contributed by atoms with Gasteiger partial charge in [0.2, 0.25) is 0 Å². The van der Waals surface area contributed by atoms with Crippen molar-refractivity contribution in [1.82, 2.24) is 15.0 Å². The summed E-state index contributed by atoms with van der Waals surface area (Å²) < 4.78 is 0.927. The number of hydrogen-bond acceptors (Lipinski definition) is 4. The van der Waals surface area contributed by atoms with Crippen molar-refractivity contribution < 1.29 is 0 Å². The van der Waals surface area contributed by atoms with Crippen molar-refractivity contribution in [2.45, 2.75) is 27.2 Å². The summed E-state index contributed by atoms with van der Waals surface area (Å²) in [6, 6.07) is 1.98. The molecule has 0 atom stereocenters. The minimum Gasteiger partial charge on any atom is -0.370 e. The van der Waals surface area contributed by atoms with E-state index in [4.69, 9.17) is 0 Å². The van der Waals surface area contributed by atoms with Crippen LogP contribution in [-0.2, 0) is 6.42 Å². The first-order valence-electron chi connectivity index (χ1n) is 6.38. The van der Waals surface area contributed by atoms with Crippen LogP contribution in [0.4, 0.5) is 5.82 Å². The van der Waals surface area contributed by atoms with E-state index >= 15 is 0 Å². The molecule has 0 aliphatic heterocycles. The van der Waals surface area contributed by atoms with Crippen molar-refractivity contribution in [2.75, 3.05) is 11.9 Å². The minimum absolute atomic E-state index is 0.708. The van der Waals surface area contributed by atoms with Crippen LogP contribution >= 0.6 is 15.9 Å². The normalized spacial score (nSPS) is 10.5. The number of nitrogens with one attached hydrogen (secondary N) is 1. The zero-order valence-electron chi connectivity index (χ0n) is 11.4. The lowest BCUT2D eigenvalue weighted by atomic mass is 10.1. The highest BCUT2D eigenvalue weighted by atomic mass is 79.9. The zero-order chi connectivity index (χ0) is 13.8. The molecule has 0 unspecified atom stereocenters. The van der Waals surface area contributed by atoms with Crippen molar-refractivity contribution >= 4 is 21.7 Å². The van der Waals surface area contributed by atoms with Gasteiger partial charge in [0, 0.05) is 40.2 Å². The third-order valence-electron chi connectivity index (χ3n) is 2.87. The van der Waals surface area contributed by atoms with Crippen LogP contribution in [0.3, 0.4) is 0 Å². The average Bonchev–Trinajstić information content (AvgIpc) is 2.39. The van der Waals surface area contributed by atoms with Crippen LogP contribution in [0.1, 0.15) is 25.1 Å². The largest absolute Gasteiger partial charge is 0.370 e. The Kier molecular flexibility index (Phi) is 4.47. The molecule has 0 saturated heterocycles. The predicted molar refractivity (Wildman–Crippen MR) is 81.2 cm³/mol. The Morgan fingerprint density at radius 3 is 2.63 bits per heavy atom. The number of hydrogen-bond donors (Lipinski definition) is 1. The van der Waals surface area contributed by atoms with Crippen molar-refractivity contribution in [3.8, 4) is 11.4 Å². The van der Waals surface area contributed by atoms with Gasteiger partial charge >= 0.3 is 0 Å². The van der Waals surface area contributed by atoms with Crippen LogP contribution in [0.5, 0.6) is 0 Å². The topological polar surface area (TPSA) is 50.7 Å². The van der Waals surface area contributed by atoms with E-state index in [1.807, 2.05) is 13.0 Å². The summed E-state index contributed by atoms with van der Waals surface area (Å²) >= 11 is 3.42. The molecule has 2 rings (SSSR count). The van der Waals surface area contributed by atoms with Gasteiger partial charge in [-0.05, 0) is 42.3 Å².